The van der Waals surface area contributed by atoms with Crippen molar-refractivity contribution in [3.05, 3.63) is 58.2 Å². The second-order valence-corrected chi connectivity index (χ2v) is 8.06. The Bertz CT molecular complexity index is 937. The molecular formula is C20H23N5O2S. The fourth-order valence-corrected chi connectivity index (χ4v) is 4.37. The average Bonchev–Trinajstić information content (AvgIpc) is 3.27. The highest BCUT2D eigenvalue weighted by molar-refractivity contribution is 7.15. The summed E-state index contributed by atoms with van der Waals surface area (Å²) in [7, 11) is 0. The maximum Gasteiger partial charge on any atom is 0.226 e. The van der Waals surface area contributed by atoms with Crippen molar-refractivity contribution in [2.45, 2.75) is 45.7 Å². The minimum Gasteiger partial charge on any atom is -0.339 e. The van der Waals surface area contributed by atoms with Gasteiger partial charge in [-0.05, 0) is 18.9 Å². The third-order valence-corrected chi connectivity index (χ3v) is 5.67. The second-order valence-electron chi connectivity index (χ2n) is 6.97. The second kappa shape index (κ2) is 8.62. The van der Waals surface area contributed by atoms with Crippen molar-refractivity contribution in [1.29, 1.82) is 0 Å². The molecule has 1 aromatic carbocycles. The van der Waals surface area contributed by atoms with E-state index in [-0.39, 0.29) is 5.91 Å². The molecule has 0 unspecified atom stereocenters. The first-order valence-electron chi connectivity index (χ1n) is 9.49. The molecule has 3 heterocycles. The van der Waals surface area contributed by atoms with E-state index in [1.807, 2.05) is 6.07 Å². The third-order valence-electron chi connectivity index (χ3n) is 4.67. The Hall–Kier alpha value is -2.58. The van der Waals surface area contributed by atoms with Gasteiger partial charge in [-0.15, -0.1) is 11.3 Å². The number of carbonyl (C=O) groups is 1. The van der Waals surface area contributed by atoms with E-state index < -0.39 is 0 Å². The number of carbonyl (C=O) groups excluding carboxylic acids is 1. The molecule has 4 rings (SSSR count). The molecule has 28 heavy (non-hydrogen) atoms. The van der Waals surface area contributed by atoms with E-state index in [2.05, 4.69) is 49.6 Å². The van der Waals surface area contributed by atoms with Gasteiger partial charge >= 0.3 is 0 Å². The van der Waals surface area contributed by atoms with Gasteiger partial charge in [0.15, 0.2) is 11.0 Å². The van der Waals surface area contributed by atoms with Crippen molar-refractivity contribution in [2.24, 2.45) is 0 Å². The van der Waals surface area contributed by atoms with Crippen molar-refractivity contribution < 1.29 is 9.32 Å². The number of hydrogen-bond acceptors (Lipinski definition) is 7. The standard InChI is InChI=1S/C20H23N5O2S/c1-14-21-19(27-24-14)9-5-8-18(26)23-20-22-16-10-11-25(13-17(16)28-20)12-15-6-3-2-4-7-15/h2-4,6-7H,5,8-13H2,1H3,(H,22,23,26). The van der Waals surface area contributed by atoms with Crippen LogP contribution in [0.1, 0.15) is 40.7 Å². The lowest BCUT2D eigenvalue weighted by Gasteiger charge is -2.25. The van der Waals surface area contributed by atoms with Crippen LogP contribution in [-0.4, -0.2) is 32.5 Å². The summed E-state index contributed by atoms with van der Waals surface area (Å²) in [5, 5.41) is 7.39. The zero-order valence-corrected chi connectivity index (χ0v) is 16.7. The van der Waals surface area contributed by atoms with Gasteiger partial charge in [0.1, 0.15) is 0 Å². The predicted molar refractivity (Wildman–Crippen MR) is 107 cm³/mol. The smallest absolute Gasteiger partial charge is 0.226 e. The number of anilines is 1. The zero-order chi connectivity index (χ0) is 19.3. The zero-order valence-electron chi connectivity index (χ0n) is 15.9. The van der Waals surface area contributed by atoms with Gasteiger partial charge in [0, 0.05) is 43.8 Å². The minimum absolute atomic E-state index is 0.0246. The number of nitrogens with zero attached hydrogens (tertiary/aromatic N) is 4. The molecular weight excluding hydrogens is 374 g/mol. The van der Waals surface area contributed by atoms with Crippen LogP contribution in [0.2, 0.25) is 0 Å². The van der Waals surface area contributed by atoms with Gasteiger partial charge in [-0.25, -0.2) is 4.98 Å². The quantitative estimate of drug-likeness (QED) is 0.658. The SMILES string of the molecule is Cc1noc(CCCC(=O)Nc2nc3c(s2)CN(Cc2ccccc2)CC3)n1. The Labute approximate surface area is 167 Å². The van der Waals surface area contributed by atoms with Gasteiger partial charge in [-0.3, -0.25) is 9.69 Å². The number of fused-ring (bicyclic) bond motifs is 1. The van der Waals surface area contributed by atoms with E-state index in [9.17, 15) is 4.79 Å². The van der Waals surface area contributed by atoms with E-state index in [1.165, 1.54) is 10.4 Å². The Kier molecular flexibility index (Phi) is 5.78. The Morgan fingerprint density at radius 2 is 2.14 bits per heavy atom. The number of benzene rings is 1. The molecule has 0 spiro atoms. The van der Waals surface area contributed by atoms with Crippen molar-refractivity contribution in [3.63, 3.8) is 0 Å². The highest BCUT2D eigenvalue weighted by Gasteiger charge is 2.21. The number of aryl methyl sites for hydroxylation is 2. The highest BCUT2D eigenvalue weighted by Crippen LogP contribution is 2.29. The average molecular weight is 398 g/mol. The van der Waals surface area contributed by atoms with Crippen LogP contribution in [0.25, 0.3) is 0 Å². The monoisotopic (exact) mass is 397 g/mol. The molecule has 2 aromatic heterocycles. The van der Waals surface area contributed by atoms with Crippen LogP contribution in [0, 0.1) is 6.92 Å². The Morgan fingerprint density at radius 1 is 1.29 bits per heavy atom. The molecule has 0 aliphatic carbocycles. The molecule has 1 aliphatic rings. The largest absolute Gasteiger partial charge is 0.339 e. The molecule has 1 amide bonds. The maximum absolute atomic E-state index is 12.2. The fraction of sp³-hybridized carbons (Fsp3) is 0.400. The fourth-order valence-electron chi connectivity index (χ4n) is 3.30. The summed E-state index contributed by atoms with van der Waals surface area (Å²) >= 11 is 1.59. The minimum atomic E-state index is -0.0246. The first kappa shape index (κ1) is 18.8. The number of amides is 1. The molecule has 0 saturated heterocycles. The van der Waals surface area contributed by atoms with Crippen molar-refractivity contribution in [3.8, 4) is 0 Å². The van der Waals surface area contributed by atoms with Gasteiger partial charge in [0.25, 0.3) is 0 Å². The molecule has 0 bridgehead atoms. The number of thiazole rings is 1. The number of nitrogens with one attached hydrogen (secondary N) is 1. The van der Waals surface area contributed by atoms with Gasteiger partial charge in [0.2, 0.25) is 11.8 Å². The van der Waals surface area contributed by atoms with Crippen LogP contribution in [0.15, 0.2) is 34.9 Å². The van der Waals surface area contributed by atoms with Gasteiger partial charge in [-0.2, -0.15) is 4.98 Å². The van der Waals surface area contributed by atoms with Crippen LogP contribution in [-0.2, 0) is 30.7 Å². The summed E-state index contributed by atoms with van der Waals surface area (Å²) in [6, 6.07) is 10.5. The summed E-state index contributed by atoms with van der Waals surface area (Å²) in [6.07, 6.45) is 2.61. The lowest BCUT2D eigenvalue weighted by Crippen LogP contribution is -2.29. The number of aromatic nitrogens is 3. The van der Waals surface area contributed by atoms with Crippen LogP contribution in [0.4, 0.5) is 5.13 Å². The molecule has 7 nitrogen and oxygen atoms in total. The molecule has 0 fully saturated rings. The van der Waals surface area contributed by atoms with Crippen LogP contribution in [0.5, 0.6) is 0 Å². The van der Waals surface area contributed by atoms with Crippen LogP contribution >= 0.6 is 11.3 Å². The predicted octanol–water partition coefficient (Wildman–Crippen LogP) is 3.35. The van der Waals surface area contributed by atoms with E-state index >= 15 is 0 Å². The van der Waals surface area contributed by atoms with Gasteiger partial charge in [0.05, 0.1) is 5.69 Å². The summed E-state index contributed by atoms with van der Waals surface area (Å²) in [4.78, 5) is 24.6. The van der Waals surface area contributed by atoms with Crippen molar-refractivity contribution in [1.82, 2.24) is 20.0 Å². The topological polar surface area (TPSA) is 84.2 Å². The number of hydrogen-bond donors (Lipinski definition) is 1. The highest BCUT2D eigenvalue weighted by atomic mass is 32.1. The summed E-state index contributed by atoms with van der Waals surface area (Å²) in [6.45, 7) is 4.59. The molecule has 0 saturated carbocycles. The van der Waals surface area contributed by atoms with Crippen molar-refractivity contribution in [2.75, 3.05) is 11.9 Å². The maximum atomic E-state index is 12.2. The van der Waals surface area contributed by atoms with Gasteiger partial charge in [-0.1, -0.05) is 35.5 Å². The molecule has 0 atom stereocenters. The summed E-state index contributed by atoms with van der Waals surface area (Å²) in [5.74, 6) is 1.17. The number of rotatable bonds is 7. The van der Waals surface area contributed by atoms with Gasteiger partial charge < -0.3 is 9.84 Å². The van der Waals surface area contributed by atoms with E-state index in [4.69, 9.17) is 4.52 Å². The van der Waals surface area contributed by atoms with E-state index in [0.29, 0.717) is 36.1 Å². The molecule has 1 aliphatic heterocycles. The van der Waals surface area contributed by atoms with Crippen LogP contribution in [0.3, 0.4) is 0 Å². The summed E-state index contributed by atoms with van der Waals surface area (Å²) < 4.78 is 5.06. The molecule has 8 heteroatoms. The lowest BCUT2D eigenvalue weighted by molar-refractivity contribution is -0.116. The lowest BCUT2D eigenvalue weighted by atomic mass is 10.1. The Balaban J connectivity index is 1.27. The molecule has 146 valence electrons. The molecule has 1 N–H and O–H groups in total. The van der Waals surface area contributed by atoms with Crippen LogP contribution < -0.4 is 5.32 Å². The molecule has 3 aromatic rings. The third kappa shape index (κ3) is 4.82. The summed E-state index contributed by atoms with van der Waals surface area (Å²) in [5.41, 5.74) is 2.44. The van der Waals surface area contributed by atoms with E-state index in [0.717, 1.165) is 31.7 Å². The first-order valence-corrected chi connectivity index (χ1v) is 10.3. The van der Waals surface area contributed by atoms with E-state index in [1.54, 1.807) is 18.3 Å². The molecule has 0 radical (unpaired) electrons. The Morgan fingerprint density at radius 3 is 2.93 bits per heavy atom. The normalized spacial score (nSPS) is 14.0. The van der Waals surface area contributed by atoms with Crippen molar-refractivity contribution >= 4 is 22.4 Å². The first-order chi connectivity index (χ1) is 13.7.